The van der Waals surface area contributed by atoms with Gasteiger partial charge < -0.3 is 19.9 Å². The number of unbranched alkanes of at least 4 members (excludes halogenated alkanes) is 1. The maximum atomic E-state index is 10.3. The predicted octanol–water partition coefficient (Wildman–Crippen LogP) is 1.71. The van der Waals surface area contributed by atoms with Crippen LogP contribution in [0.25, 0.3) is 0 Å². The van der Waals surface area contributed by atoms with Gasteiger partial charge in [0.05, 0.1) is 18.8 Å². The van der Waals surface area contributed by atoms with Crippen molar-refractivity contribution in [1.82, 2.24) is 5.32 Å². The summed E-state index contributed by atoms with van der Waals surface area (Å²) in [5.41, 5.74) is -0.437. The summed E-state index contributed by atoms with van der Waals surface area (Å²) in [7, 11) is 1.68. The molecule has 4 heteroatoms. The van der Waals surface area contributed by atoms with E-state index in [1.807, 2.05) is 0 Å². The number of aliphatic hydroxyl groups is 1. The number of hydrogen-bond donors (Lipinski definition) is 2. The molecule has 108 valence electrons. The molecule has 1 aliphatic carbocycles. The normalized spacial score (nSPS) is 19.0. The molecule has 0 aliphatic heterocycles. The Kier molecular flexibility index (Phi) is 8.59. The van der Waals surface area contributed by atoms with E-state index in [1.165, 1.54) is 19.3 Å². The average molecular weight is 259 g/mol. The Morgan fingerprint density at radius 1 is 1.06 bits per heavy atom. The fourth-order valence-electron chi connectivity index (χ4n) is 2.41. The summed E-state index contributed by atoms with van der Waals surface area (Å²) in [5.74, 6) is 0. The summed E-state index contributed by atoms with van der Waals surface area (Å²) < 4.78 is 10.3. The molecule has 0 spiro atoms. The van der Waals surface area contributed by atoms with Gasteiger partial charge in [0.25, 0.3) is 0 Å². The van der Waals surface area contributed by atoms with Gasteiger partial charge in [-0.1, -0.05) is 19.3 Å². The minimum Gasteiger partial charge on any atom is -0.389 e. The van der Waals surface area contributed by atoms with Crippen LogP contribution in [0.1, 0.15) is 44.9 Å². The lowest BCUT2D eigenvalue weighted by Gasteiger charge is -2.32. The van der Waals surface area contributed by atoms with Gasteiger partial charge in [-0.05, 0) is 32.2 Å². The number of nitrogens with one attached hydrogen (secondary N) is 1. The molecule has 0 saturated heterocycles. The summed E-state index contributed by atoms with van der Waals surface area (Å²) in [6.45, 7) is 3.87. The largest absolute Gasteiger partial charge is 0.389 e. The zero-order chi connectivity index (χ0) is 13.1. The van der Waals surface area contributed by atoms with E-state index in [2.05, 4.69) is 5.32 Å². The highest BCUT2D eigenvalue weighted by atomic mass is 16.5. The molecule has 0 amide bonds. The number of rotatable bonds is 10. The molecular formula is C14H29NO3. The molecule has 1 fully saturated rings. The van der Waals surface area contributed by atoms with Gasteiger partial charge in [-0.3, -0.25) is 0 Å². The van der Waals surface area contributed by atoms with E-state index in [1.54, 1.807) is 7.11 Å². The minimum atomic E-state index is -0.437. The lowest BCUT2D eigenvalue weighted by Crippen LogP contribution is -2.42. The Bertz CT molecular complexity index is 193. The van der Waals surface area contributed by atoms with Crippen LogP contribution in [-0.4, -0.2) is 50.7 Å². The molecule has 1 aliphatic rings. The van der Waals surface area contributed by atoms with Crippen LogP contribution in [0.4, 0.5) is 0 Å². The number of hydrogen-bond acceptors (Lipinski definition) is 4. The maximum absolute atomic E-state index is 10.3. The van der Waals surface area contributed by atoms with Crippen molar-refractivity contribution in [1.29, 1.82) is 0 Å². The molecule has 2 N–H and O–H groups in total. The van der Waals surface area contributed by atoms with E-state index >= 15 is 0 Å². The van der Waals surface area contributed by atoms with Crippen molar-refractivity contribution >= 4 is 0 Å². The van der Waals surface area contributed by atoms with E-state index in [0.717, 1.165) is 45.4 Å². The van der Waals surface area contributed by atoms with Crippen LogP contribution in [-0.2, 0) is 9.47 Å². The third kappa shape index (κ3) is 7.31. The second-order valence-corrected chi connectivity index (χ2v) is 5.27. The Morgan fingerprint density at radius 3 is 2.56 bits per heavy atom. The molecule has 1 saturated carbocycles. The molecule has 0 aromatic rings. The summed E-state index contributed by atoms with van der Waals surface area (Å²) in [6, 6.07) is 0. The summed E-state index contributed by atoms with van der Waals surface area (Å²) in [4.78, 5) is 0. The second-order valence-electron chi connectivity index (χ2n) is 5.27. The molecule has 0 radical (unpaired) electrons. The Balaban J connectivity index is 1.86. The highest BCUT2D eigenvalue weighted by molar-refractivity contribution is 4.84. The molecule has 18 heavy (non-hydrogen) atoms. The van der Waals surface area contributed by atoms with Crippen molar-refractivity contribution in [3.05, 3.63) is 0 Å². The third-order valence-corrected chi connectivity index (χ3v) is 3.56. The Hall–Kier alpha value is -0.160. The summed E-state index contributed by atoms with van der Waals surface area (Å²) in [6.07, 6.45) is 7.70. The SMILES string of the molecule is COCCOCCCCNCC1(O)CCCCC1. The molecule has 0 unspecified atom stereocenters. The molecule has 0 aromatic heterocycles. The fraction of sp³-hybridized carbons (Fsp3) is 1.00. The van der Waals surface area contributed by atoms with Crippen LogP contribution in [0.5, 0.6) is 0 Å². The van der Waals surface area contributed by atoms with Gasteiger partial charge in [0.1, 0.15) is 0 Å². The Morgan fingerprint density at radius 2 is 1.83 bits per heavy atom. The first kappa shape index (κ1) is 15.9. The van der Waals surface area contributed by atoms with Crippen molar-refractivity contribution in [2.75, 3.05) is 40.0 Å². The first-order chi connectivity index (χ1) is 8.77. The van der Waals surface area contributed by atoms with Crippen LogP contribution >= 0.6 is 0 Å². The lowest BCUT2D eigenvalue weighted by molar-refractivity contribution is 0.00488. The third-order valence-electron chi connectivity index (χ3n) is 3.56. The zero-order valence-electron chi connectivity index (χ0n) is 11.7. The van der Waals surface area contributed by atoms with E-state index in [0.29, 0.717) is 13.2 Å². The topological polar surface area (TPSA) is 50.7 Å². The molecule has 0 aromatic carbocycles. The van der Waals surface area contributed by atoms with E-state index in [9.17, 15) is 5.11 Å². The highest BCUT2D eigenvalue weighted by Gasteiger charge is 2.28. The Labute approximate surface area is 111 Å². The standard InChI is InChI=1S/C14H29NO3/c1-17-11-12-18-10-6-5-9-15-13-14(16)7-3-2-4-8-14/h15-16H,2-13H2,1H3. The second kappa shape index (κ2) is 9.73. The summed E-state index contributed by atoms with van der Waals surface area (Å²) in [5, 5.41) is 13.6. The van der Waals surface area contributed by atoms with E-state index < -0.39 is 5.60 Å². The highest BCUT2D eigenvalue weighted by Crippen LogP contribution is 2.27. The van der Waals surface area contributed by atoms with Gasteiger partial charge in [-0.2, -0.15) is 0 Å². The van der Waals surface area contributed by atoms with Gasteiger partial charge in [0.2, 0.25) is 0 Å². The zero-order valence-corrected chi connectivity index (χ0v) is 11.7. The van der Waals surface area contributed by atoms with Gasteiger partial charge in [-0.25, -0.2) is 0 Å². The van der Waals surface area contributed by atoms with Crippen LogP contribution in [0.3, 0.4) is 0 Å². The number of methoxy groups -OCH3 is 1. The lowest BCUT2D eigenvalue weighted by atomic mass is 9.85. The van der Waals surface area contributed by atoms with Crippen molar-refractivity contribution in [2.45, 2.75) is 50.5 Å². The van der Waals surface area contributed by atoms with Crippen LogP contribution in [0.15, 0.2) is 0 Å². The van der Waals surface area contributed by atoms with Gasteiger partial charge in [0.15, 0.2) is 0 Å². The molecule has 1 rings (SSSR count). The van der Waals surface area contributed by atoms with Crippen LogP contribution < -0.4 is 5.32 Å². The first-order valence-electron chi connectivity index (χ1n) is 7.27. The van der Waals surface area contributed by atoms with Crippen molar-refractivity contribution in [2.24, 2.45) is 0 Å². The van der Waals surface area contributed by atoms with E-state index in [-0.39, 0.29) is 0 Å². The fourth-order valence-corrected chi connectivity index (χ4v) is 2.41. The molecule has 0 bridgehead atoms. The number of ether oxygens (including phenoxy) is 2. The molecule has 0 atom stereocenters. The predicted molar refractivity (Wildman–Crippen MR) is 72.8 cm³/mol. The summed E-state index contributed by atoms with van der Waals surface area (Å²) >= 11 is 0. The molecular weight excluding hydrogens is 230 g/mol. The van der Waals surface area contributed by atoms with Gasteiger partial charge in [0, 0.05) is 20.3 Å². The smallest absolute Gasteiger partial charge is 0.0771 e. The van der Waals surface area contributed by atoms with Gasteiger partial charge in [-0.15, -0.1) is 0 Å². The minimum absolute atomic E-state index is 0.437. The first-order valence-corrected chi connectivity index (χ1v) is 7.27. The van der Waals surface area contributed by atoms with Crippen molar-refractivity contribution in [3.8, 4) is 0 Å². The molecule has 4 nitrogen and oxygen atoms in total. The average Bonchev–Trinajstić information content (AvgIpc) is 2.38. The molecule has 0 heterocycles. The van der Waals surface area contributed by atoms with Gasteiger partial charge >= 0.3 is 0 Å². The quantitative estimate of drug-likeness (QED) is 0.587. The van der Waals surface area contributed by atoms with Crippen molar-refractivity contribution in [3.63, 3.8) is 0 Å². The monoisotopic (exact) mass is 259 g/mol. The van der Waals surface area contributed by atoms with Crippen LogP contribution in [0, 0.1) is 0 Å². The maximum Gasteiger partial charge on any atom is 0.0771 e. The van der Waals surface area contributed by atoms with E-state index in [4.69, 9.17) is 9.47 Å². The van der Waals surface area contributed by atoms with Crippen LogP contribution in [0.2, 0.25) is 0 Å². The van der Waals surface area contributed by atoms with Crippen molar-refractivity contribution < 1.29 is 14.6 Å².